The predicted octanol–water partition coefficient (Wildman–Crippen LogP) is 2.64. The maximum atomic E-state index is 9.92. The van der Waals surface area contributed by atoms with Crippen molar-refractivity contribution in [2.45, 2.75) is 0 Å². The fraction of sp³-hybridized carbons (Fsp3) is 0.133. The van der Waals surface area contributed by atoms with Crippen LogP contribution in [-0.2, 0) is 0 Å². The Labute approximate surface area is 116 Å². The van der Waals surface area contributed by atoms with E-state index in [0.29, 0.717) is 22.6 Å². The number of hydrogen-bond donors (Lipinski definition) is 2. The number of phenolic OH excluding ortho intramolecular Hbond substituents is 1. The summed E-state index contributed by atoms with van der Waals surface area (Å²) in [4.78, 5) is 0. The molecule has 2 rings (SSSR count). The van der Waals surface area contributed by atoms with Crippen LogP contribution in [0, 0.1) is 0 Å². The van der Waals surface area contributed by atoms with Crippen molar-refractivity contribution in [1.82, 2.24) is 0 Å². The van der Waals surface area contributed by atoms with Gasteiger partial charge in [-0.3, -0.25) is 0 Å². The number of nitrogens with zero attached hydrogens (tertiary/aromatic N) is 1. The first-order chi connectivity index (χ1) is 9.69. The summed E-state index contributed by atoms with van der Waals surface area (Å²) in [6, 6.07) is 11.7. The Morgan fingerprint density at radius 3 is 2.10 bits per heavy atom. The summed E-state index contributed by atoms with van der Waals surface area (Å²) < 4.78 is 10.2. The summed E-state index contributed by atoms with van der Waals surface area (Å²) >= 11 is 0. The second-order valence-electron chi connectivity index (χ2n) is 4.06. The summed E-state index contributed by atoms with van der Waals surface area (Å²) in [5, 5.41) is 22.5. The van der Waals surface area contributed by atoms with E-state index in [4.69, 9.17) is 9.47 Å². The van der Waals surface area contributed by atoms with Crippen LogP contribution in [0.3, 0.4) is 0 Å². The lowest BCUT2D eigenvalue weighted by Gasteiger charge is -2.09. The molecule has 0 saturated heterocycles. The van der Waals surface area contributed by atoms with Gasteiger partial charge in [0.15, 0.2) is 0 Å². The smallest absolute Gasteiger partial charge is 0.125 e. The average molecular weight is 273 g/mol. The molecular weight excluding hydrogens is 258 g/mol. The van der Waals surface area contributed by atoms with Crippen molar-refractivity contribution < 1.29 is 19.8 Å². The number of methoxy groups -OCH3 is 2. The molecule has 0 radical (unpaired) electrons. The first-order valence-electron chi connectivity index (χ1n) is 5.93. The van der Waals surface area contributed by atoms with Crippen LogP contribution >= 0.6 is 0 Å². The SMILES string of the molecule is COc1ccc(C(=NO)c2cc(OC)ccc2O)cc1. The zero-order valence-corrected chi connectivity index (χ0v) is 11.2. The van der Waals surface area contributed by atoms with Crippen LogP contribution in [-0.4, -0.2) is 30.2 Å². The highest BCUT2D eigenvalue weighted by Crippen LogP contribution is 2.26. The second-order valence-corrected chi connectivity index (χ2v) is 4.06. The summed E-state index contributed by atoms with van der Waals surface area (Å²) in [5.74, 6) is 1.27. The Kier molecular flexibility index (Phi) is 4.10. The summed E-state index contributed by atoms with van der Waals surface area (Å²) in [6.07, 6.45) is 0. The molecule has 2 N–H and O–H groups in total. The number of benzene rings is 2. The maximum absolute atomic E-state index is 9.92. The lowest BCUT2D eigenvalue weighted by molar-refractivity contribution is 0.319. The minimum Gasteiger partial charge on any atom is -0.507 e. The van der Waals surface area contributed by atoms with Gasteiger partial charge in [0.1, 0.15) is 23.0 Å². The molecule has 0 aliphatic rings. The van der Waals surface area contributed by atoms with Crippen molar-refractivity contribution in [3.63, 3.8) is 0 Å². The number of ether oxygens (including phenoxy) is 2. The van der Waals surface area contributed by atoms with Crippen molar-refractivity contribution in [2.24, 2.45) is 5.16 Å². The van der Waals surface area contributed by atoms with Gasteiger partial charge in [-0.15, -0.1) is 0 Å². The molecule has 0 heterocycles. The summed E-state index contributed by atoms with van der Waals surface area (Å²) in [5.41, 5.74) is 1.29. The normalized spacial score (nSPS) is 11.2. The Balaban J connectivity index is 2.46. The molecular formula is C15H15NO4. The molecule has 0 amide bonds. The minimum atomic E-state index is 0.00872. The van der Waals surface area contributed by atoms with Crippen LogP contribution in [0.4, 0.5) is 0 Å². The summed E-state index contributed by atoms with van der Waals surface area (Å²) in [7, 11) is 3.10. The molecule has 104 valence electrons. The van der Waals surface area contributed by atoms with E-state index in [1.165, 1.54) is 13.2 Å². The second kappa shape index (κ2) is 5.97. The Morgan fingerprint density at radius 2 is 1.55 bits per heavy atom. The van der Waals surface area contributed by atoms with Gasteiger partial charge in [-0.1, -0.05) is 5.16 Å². The minimum absolute atomic E-state index is 0.00872. The molecule has 0 atom stereocenters. The van der Waals surface area contributed by atoms with Crippen molar-refractivity contribution in [1.29, 1.82) is 0 Å². The van der Waals surface area contributed by atoms with E-state index >= 15 is 0 Å². The van der Waals surface area contributed by atoms with E-state index in [9.17, 15) is 10.3 Å². The zero-order chi connectivity index (χ0) is 14.5. The highest BCUT2D eigenvalue weighted by atomic mass is 16.5. The quantitative estimate of drug-likeness (QED) is 0.510. The van der Waals surface area contributed by atoms with Gasteiger partial charge in [0.2, 0.25) is 0 Å². The van der Waals surface area contributed by atoms with Crippen LogP contribution in [0.15, 0.2) is 47.6 Å². The van der Waals surface area contributed by atoms with E-state index in [0.717, 1.165) is 0 Å². The lowest BCUT2D eigenvalue weighted by atomic mass is 10.0. The molecule has 0 spiro atoms. The Bertz CT molecular complexity index is 620. The third-order valence-electron chi connectivity index (χ3n) is 2.92. The largest absolute Gasteiger partial charge is 0.507 e. The molecule has 5 nitrogen and oxygen atoms in total. The van der Waals surface area contributed by atoms with Crippen molar-refractivity contribution in [3.8, 4) is 17.2 Å². The Hall–Kier alpha value is -2.69. The van der Waals surface area contributed by atoms with Gasteiger partial charge in [0.05, 0.1) is 14.2 Å². The van der Waals surface area contributed by atoms with Gasteiger partial charge in [-0.2, -0.15) is 0 Å². The van der Waals surface area contributed by atoms with Gasteiger partial charge in [-0.05, 0) is 42.5 Å². The van der Waals surface area contributed by atoms with Crippen LogP contribution in [0.5, 0.6) is 17.2 Å². The third-order valence-corrected chi connectivity index (χ3v) is 2.92. The van der Waals surface area contributed by atoms with Crippen molar-refractivity contribution >= 4 is 5.71 Å². The first-order valence-corrected chi connectivity index (χ1v) is 5.93. The molecule has 0 aliphatic carbocycles. The van der Waals surface area contributed by atoms with Gasteiger partial charge in [-0.25, -0.2) is 0 Å². The number of oxime groups is 1. The van der Waals surface area contributed by atoms with E-state index < -0.39 is 0 Å². The number of hydrogen-bond acceptors (Lipinski definition) is 5. The average Bonchev–Trinajstić information content (AvgIpc) is 2.50. The molecule has 0 bridgehead atoms. The highest BCUT2D eigenvalue weighted by Gasteiger charge is 2.13. The fourth-order valence-corrected chi connectivity index (χ4v) is 1.85. The number of aromatic hydroxyl groups is 1. The van der Waals surface area contributed by atoms with Crippen LogP contribution in [0.25, 0.3) is 0 Å². The first kappa shape index (κ1) is 13.7. The van der Waals surface area contributed by atoms with Crippen molar-refractivity contribution in [3.05, 3.63) is 53.6 Å². The molecule has 0 aliphatic heterocycles. The maximum Gasteiger partial charge on any atom is 0.125 e. The van der Waals surface area contributed by atoms with E-state index in [2.05, 4.69) is 5.16 Å². The van der Waals surface area contributed by atoms with Crippen LogP contribution in [0.2, 0.25) is 0 Å². The van der Waals surface area contributed by atoms with Gasteiger partial charge in [0.25, 0.3) is 0 Å². The number of rotatable bonds is 4. The van der Waals surface area contributed by atoms with Gasteiger partial charge < -0.3 is 19.8 Å². The zero-order valence-electron chi connectivity index (χ0n) is 11.2. The molecule has 0 aromatic heterocycles. The molecule has 0 fully saturated rings. The van der Waals surface area contributed by atoms with Gasteiger partial charge in [0, 0.05) is 11.1 Å². The third kappa shape index (κ3) is 2.66. The topological polar surface area (TPSA) is 71.3 Å². The summed E-state index contributed by atoms with van der Waals surface area (Å²) in [6.45, 7) is 0. The van der Waals surface area contributed by atoms with Crippen LogP contribution < -0.4 is 9.47 Å². The molecule has 0 unspecified atom stereocenters. The van der Waals surface area contributed by atoms with E-state index in [-0.39, 0.29) is 11.5 Å². The van der Waals surface area contributed by atoms with E-state index in [1.807, 2.05) is 0 Å². The Morgan fingerprint density at radius 1 is 0.950 bits per heavy atom. The number of phenols is 1. The van der Waals surface area contributed by atoms with Gasteiger partial charge >= 0.3 is 0 Å². The van der Waals surface area contributed by atoms with Crippen molar-refractivity contribution in [2.75, 3.05) is 14.2 Å². The molecule has 5 heteroatoms. The molecule has 0 saturated carbocycles. The molecule has 2 aromatic carbocycles. The molecule has 2 aromatic rings. The monoisotopic (exact) mass is 273 g/mol. The lowest BCUT2D eigenvalue weighted by Crippen LogP contribution is -2.04. The van der Waals surface area contributed by atoms with E-state index in [1.54, 1.807) is 43.5 Å². The standard InChI is InChI=1S/C15H15NO4/c1-19-11-5-3-10(4-6-11)15(16-18)13-9-12(20-2)7-8-14(13)17/h3-9,17-18H,1-2H3. The fourth-order valence-electron chi connectivity index (χ4n) is 1.85. The molecule has 20 heavy (non-hydrogen) atoms. The highest BCUT2D eigenvalue weighted by molar-refractivity contribution is 6.14. The van der Waals surface area contributed by atoms with Crippen LogP contribution in [0.1, 0.15) is 11.1 Å². The predicted molar refractivity (Wildman–Crippen MR) is 75.1 cm³/mol.